The maximum Gasteiger partial charge on any atom is 0.317 e. The van der Waals surface area contributed by atoms with Crippen molar-refractivity contribution in [2.75, 3.05) is 31.6 Å². The van der Waals surface area contributed by atoms with Crippen molar-refractivity contribution in [3.63, 3.8) is 0 Å². The number of aliphatic carboxylic acids is 1. The molecule has 2 N–H and O–H groups in total. The molecular formula is C12H27AlNO2P. The maximum absolute atomic E-state index is 10.3. The van der Waals surface area contributed by atoms with Crippen molar-refractivity contribution < 1.29 is 9.90 Å². The summed E-state index contributed by atoms with van der Waals surface area (Å²) in [6.45, 7) is 1.00. The number of rotatable bonds is 5. The third kappa shape index (κ3) is 10.0. The summed E-state index contributed by atoms with van der Waals surface area (Å²) in [6, 6.07) is 0. The second-order valence-corrected chi connectivity index (χ2v) is 7.22. The fourth-order valence-electron chi connectivity index (χ4n) is 2.15. The molecule has 3 nitrogen and oxygen atoms in total. The number of carbonyl (C=O) groups is 1. The standard InChI is InChI=1S/C12H24NO2P.Al.3H/c14-12(15)11-13-7-10-16-8-5-3-1-2-4-6-9-16;;;;/h13H,1-11H2,(H,14,15);;;;. The van der Waals surface area contributed by atoms with E-state index in [1.165, 1.54) is 57.0 Å². The van der Waals surface area contributed by atoms with E-state index in [1.54, 1.807) is 0 Å². The van der Waals surface area contributed by atoms with E-state index in [2.05, 4.69) is 5.32 Å². The predicted molar refractivity (Wildman–Crippen MR) is 79.7 cm³/mol. The smallest absolute Gasteiger partial charge is 0.317 e. The Morgan fingerprint density at radius 2 is 1.59 bits per heavy atom. The van der Waals surface area contributed by atoms with Crippen LogP contribution in [0.3, 0.4) is 0 Å². The molecule has 1 heterocycles. The molecule has 0 spiro atoms. The molecule has 0 amide bonds. The Labute approximate surface area is 117 Å². The summed E-state index contributed by atoms with van der Waals surface area (Å²) in [4.78, 5) is 10.3. The van der Waals surface area contributed by atoms with Crippen LogP contribution in [0.1, 0.15) is 38.5 Å². The zero-order valence-electron chi connectivity index (χ0n) is 10.1. The molecule has 0 bridgehead atoms. The van der Waals surface area contributed by atoms with Crippen molar-refractivity contribution in [1.82, 2.24) is 5.32 Å². The molecule has 1 fully saturated rings. The van der Waals surface area contributed by atoms with E-state index < -0.39 is 5.97 Å². The summed E-state index contributed by atoms with van der Waals surface area (Å²) in [5, 5.41) is 11.5. The van der Waals surface area contributed by atoms with Gasteiger partial charge in [0.1, 0.15) is 0 Å². The Balaban J connectivity index is 0.00000256. The van der Waals surface area contributed by atoms with Crippen LogP contribution in [0.15, 0.2) is 0 Å². The minimum Gasteiger partial charge on any atom is -0.480 e. The number of hydrogen-bond acceptors (Lipinski definition) is 2. The molecule has 5 heteroatoms. The zero-order chi connectivity index (χ0) is 11.6. The predicted octanol–water partition coefficient (Wildman–Crippen LogP) is 1.31. The molecule has 0 aromatic carbocycles. The fourth-order valence-corrected chi connectivity index (χ4v) is 4.63. The van der Waals surface area contributed by atoms with Crippen LogP contribution in [0.5, 0.6) is 0 Å². The Kier molecular flexibility index (Phi) is 11.7. The van der Waals surface area contributed by atoms with Gasteiger partial charge in [-0.1, -0.05) is 25.7 Å². The van der Waals surface area contributed by atoms with Crippen LogP contribution < -0.4 is 5.32 Å². The summed E-state index contributed by atoms with van der Waals surface area (Å²) >= 11 is 0. The molecule has 100 valence electrons. The normalized spacial score (nSPS) is 18.6. The number of carboxylic acids is 1. The molecule has 1 aliphatic heterocycles. The highest BCUT2D eigenvalue weighted by molar-refractivity contribution is 7.57. The van der Waals surface area contributed by atoms with Gasteiger partial charge in [-0.25, -0.2) is 0 Å². The van der Waals surface area contributed by atoms with Crippen molar-refractivity contribution in [3.05, 3.63) is 0 Å². The van der Waals surface area contributed by atoms with Gasteiger partial charge in [-0.3, -0.25) is 4.79 Å². The van der Waals surface area contributed by atoms with Crippen molar-refractivity contribution in [2.24, 2.45) is 0 Å². The molecule has 0 aromatic heterocycles. The van der Waals surface area contributed by atoms with Gasteiger partial charge in [0, 0.05) is 0 Å². The van der Waals surface area contributed by atoms with E-state index in [1.807, 2.05) is 0 Å². The zero-order valence-corrected chi connectivity index (χ0v) is 11.0. The van der Waals surface area contributed by atoms with Gasteiger partial charge in [0.15, 0.2) is 17.4 Å². The largest absolute Gasteiger partial charge is 0.480 e. The van der Waals surface area contributed by atoms with Crippen LogP contribution in [0, 0.1) is 0 Å². The van der Waals surface area contributed by atoms with Crippen LogP contribution >= 0.6 is 7.92 Å². The molecule has 0 atom stereocenters. The molecule has 0 aliphatic carbocycles. The summed E-state index contributed by atoms with van der Waals surface area (Å²) < 4.78 is 0. The molecule has 17 heavy (non-hydrogen) atoms. The minimum atomic E-state index is -0.748. The van der Waals surface area contributed by atoms with Gasteiger partial charge in [0.25, 0.3) is 0 Å². The maximum atomic E-state index is 10.3. The summed E-state index contributed by atoms with van der Waals surface area (Å²) in [7, 11) is 0.181. The molecule has 0 unspecified atom stereocenters. The first-order valence-corrected chi connectivity index (χ1v) is 8.33. The number of nitrogens with one attached hydrogen (secondary N) is 1. The van der Waals surface area contributed by atoms with E-state index in [0.717, 1.165) is 6.54 Å². The van der Waals surface area contributed by atoms with Gasteiger partial charge < -0.3 is 10.4 Å². The van der Waals surface area contributed by atoms with Crippen LogP contribution in [0.25, 0.3) is 0 Å². The molecule has 1 rings (SSSR count). The summed E-state index contributed by atoms with van der Waals surface area (Å²) in [5.74, 6) is -0.748. The Hall–Kier alpha value is 0.392. The van der Waals surface area contributed by atoms with E-state index in [0.29, 0.717) is 0 Å². The molecule has 1 saturated heterocycles. The van der Waals surface area contributed by atoms with Crippen LogP contribution in [0.2, 0.25) is 0 Å². The quantitative estimate of drug-likeness (QED) is 0.452. The van der Waals surface area contributed by atoms with Crippen molar-refractivity contribution in [1.29, 1.82) is 0 Å². The lowest BCUT2D eigenvalue weighted by molar-refractivity contribution is -0.135. The van der Waals surface area contributed by atoms with Gasteiger partial charge in [-0.15, -0.1) is 7.92 Å². The first-order chi connectivity index (χ1) is 7.79. The number of carboxylic acid groups (broad SMARTS) is 1. The topological polar surface area (TPSA) is 49.3 Å². The molecule has 1 aliphatic rings. The third-order valence-corrected chi connectivity index (χ3v) is 5.83. The van der Waals surface area contributed by atoms with E-state index in [4.69, 9.17) is 5.11 Å². The van der Waals surface area contributed by atoms with Gasteiger partial charge in [-0.2, -0.15) is 0 Å². The second kappa shape index (κ2) is 11.5. The number of hydrogen-bond donors (Lipinski definition) is 2. The Morgan fingerprint density at radius 1 is 1.06 bits per heavy atom. The average molecular weight is 275 g/mol. The lowest BCUT2D eigenvalue weighted by atomic mass is 10.1. The van der Waals surface area contributed by atoms with Gasteiger partial charge in [-0.05, 0) is 37.9 Å². The average Bonchev–Trinajstić information content (AvgIpc) is 2.37. The van der Waals surface area contributed by atoms with Gasteiger partial charge >= 0.3 is 5.97 Å². The van der Waals surface area contributed by atoms with Crippen molar-refractivity contribution in [2.45, 2.75) is 38.5 Å². The molecule has 0 aromatic rings. The van der Waals surface area contributed by atoms with E-state index in [-0.39, 0.29) is 31.8 Å². The molecule has 0 saturated carbocycles. The Morgan fingerprint density at radius 3 is 2.12 bits per heavy atom. The fraction of sp³-hybridized carbons (Fsp3) is 0.917. The highest BCUT2D eigenvalue weighted by atomic mass is 31.1. The first-order valence-electron chi connectivity index (χ1n) is 6.44. The lowest BCUT2D eigenvalue weighted by Gasteiger charge is -2.16. The lowest BCUT2D eigenvalue weighted by Crippen LogP contribution is -2.25. The van der Waals surface area contributed by atoms with E-state index in [9.17, 15) is 4.79 Å². The molecule has 0 radical (unpaired) electrons. The second-order valence-electron chi connectivity index (χ2n) is 4.53. The van der Waals surface area contributed by atoms with Crippen molar-refractivity contribution in [3.8, 4) is 0 Å². The third-order valence-electron chi connectivity index (χ3n) is 3.08. The van der Waals surface area contributed by atoms with Crippen LogP contribution in [0.4, 0.5) is 0 Å². The minimum absolute atomic E-state index is 0. The summed E-state index contributed by atoms with van der Waals surface area (Å²) in [5.41, 5.74) is 0. The van der Waals surface area contributed by atoms with E-state index >= 15 is 0 Å². The Bertz CT molecular complexity index is 195. The highest BCUT2D eigenvalue weighted by Crippen LogP contribution is 2.38. The van der Waals surface area contributed by atoms with Gasteiger partial charge in [0.2, 0.25) is 0 Å². The van der Waals surface area contributed by atoms with Crippen LogP contribution in [-0.2, 0) is 4.79 Å². The van der Waals surface area contributed by atoms with Crippen molar-refractivity contribution >= 4 is 31.3 Å². The summed E-state index contributed by atoms with van der Waals surface area (Å²) in [6.07, 6.45) is 12.5. The van der Waals surface area contributed by atoms with Crippen LogP contribution in [-0.4, -0.2) is 60.0 Å². The molecular weight excluding hydrogens is 248 g/mol. The highest BCUT2D eigenvalue weighted by Gasteiger charge is 2.09. The monoisotopic (exact) mass is 275 g/mol. The van der Waals surface area contributed by atoms with Gasteiger partial charge in [0.05, 0.1) is 6.54 Å². The first kappa shape index (κ1) is 17.4. The SMILES string of the molecule is O=C(O)CNCCP1CCCCCCCC1.[AlH3].